The Bertz CT molecular complexity index is 695. The molecule has 6 nitrogen and oxygen atoms in total. The van der Waals surface area contributed by atoms with Gasteiger partial charge < -0.3 is 9.30 Å². The maximum atomic E-state index is 13.0. The van der Waals surface area contributed by atoms with E-state index in [-0.39, 0.29) is 23.2 Å². The minimum absolute atomic E-state index is 0.00926. The number of rotatable bonds is 5. The molecule has 1 aromatic heterocycles. The third-order valence-corrected chi connectivity index (χ3v) is 7.12. The van der Waals surface area contributed by atoms with E-state index < -0.39 is 16.0 Å². The third-order valence-electron chi connectivity index (χ3n) is 5.27. The zero-order chi connectivity index (χ0) is 18.1. The number of hydrogen-bond acceptors (Lipinski definition) is 4. The van der Waals surface area contributed by atoms with Crippen LogP contribution in [-0.2, 0) is 21.8 Å². The molecule has 7 heteroatoms. The van der Waals surface area contributed by atoms with Crippen LogP contribution in [0.15, 0.2) is 17.2 Å². The highest BCUT2D eigenvalue weighted by Crippen LogP contribution is 2.34. The molecular formula is C17H28N2O4S. The van der Waals surface area contributed by atoms with E-state index >= 15 is 0 Å². The Hall–Kier alpha value is -1.34. The maximum absolute atomic E-state index is 13.0. The van der Waals surface area contributed by atoms with E-state index in [1.165, 1.54) is 21.1 Å². The van der Waals surface area contributed by atoms with Crippen LogP contribution >= 0.6 is 0 Å². The number of esters is 1. The van der Waals surface area contributed by atoms with E-state index in [1.807, 2.05) is 0 Å². The molecule has 1 aliphatic carbocycles. The maximum Gasteiger partial charge on any atom is 0.354 e. The lowest BCUT2D eigenvalue weighted by Crippen LogP contribution is -2.44. The molecule has 0 aliphatic heterocycles. The Labute approximate surface area is 144 Å². The van der Waals surface area contributed by atoms with E-state index in [0.717, 1.165) is 19.3 Å². The topological polar surface area (TPSA) is 68.6 Å². The van der Waals surface area contributed by atoms with Crippen LogP contribution in [0, 0.1) is 11.8 Å². The van der Waals surface area contributed by atoms with Gasteiger partial charge in [0.25, 0.3) is 0 Å². The number of hydrogen-bond donors (Lipinski definition) is 0. The first kappa shape index (κ1) is 19.0. The van der Waals surface area contributed by atoms with E-state index in [1.54, 1.807) is 21.0 Å². The first-order chi connectivity index (χ1) is 11.2. The van der Waals surface area contributed by atoms with Crippen LogP contribution in [0.25, 0.3) is 0 Å². The van der Waals surface area contributed by atoms with E-state index in [2.05, 4.69) is 13.8 Å². The number of nitrogens with zero attached hydrogens (tertiary/aromatic N) is 2. The summed E-state index contributed by atoms with van der Waals surface area (Å²) in [6, 6.07) is 1.39. The normalized spacial score (nSPS) is 25.0. The molecule has 136 valence electrons. The quantitative estimate of drug-likeness (QED) is 0.761. The van der Waals surface area contributed by atoms with Gasteiger partial charge in [-0.2, -0.15) is 4.31 Å². The van der Waals surface area contributed by atoms with Gasteiger partial charge in [0.2, 0.25) is 10.0 Å². The number of sulfonamides is 1. The van der Waals surface area contributed by atoms with Gasteiger partial charge in [0.15, 0.2) is 0 Å². The van der Waals surface area contributed by atoms with Crippen LogP contribution in [0.2, 0.25) is 0 Å². The number of aromatic nitrogens is 1. The van der Waals surface area contributed by atoms with Crippen LogP contribution < -0.4 is 0 Å². The standard InChI is InChI=1S/C17H28N2O4S/c1-6-23-17(20)16-10-14(11-18(16)4)24(21,22)19(5)15-9-7-8-12(2)13(15)3/h10-13,15H,6-9H2,1-5H3. The molecule has 1 heterocycles. The van der Waals surface area contributed by atoms with Gasteiger partial charge in [-0.1, -0.05) is 26.7 Å². The summed E-state index contributed by atoms with van der Waals surface area (Å²) in [5.41, 5.74) is 0.244. The van der Waals surface area contributed by atoms with Gasteiger partial charge >= 0.3 is 5.97 Å². The van der Waals surface area contributed by atoms with Crippen molar-refractivity contribution < 1.29 is 17.9 Å². The molecule has 0 radical (unpaired) electrons. The van der Waals surface area contributed by atoms with Gasteiger partial charge in [0.05, 0.1) is 6.61 Å². The summed E-state index contributed by atoms with van der Waals surface area (Å²) in [4.78, 5) is 12.1. The fourth-order valence-corrected chi connectivity index (χ4v) is 5.03. The van der Waals surface area contributed by atoms with Gasteiger partial charge in [-0.25, -0.2) is 13.2 Å². The summed E-state index contributed by atoms with van der Waals surface area (Å²) < 4.78 is 33.9. The van der Waals surface area contributed by atoms with Gasteiger partial charge in [-0.05, 0) is 31.2 Å². The van der Waals surface area contributed by atoms with Gasteiger partial charge in [-0.3, -0.25) is 0 Å². The van der Waals surface area contributed by atoms with Gasteiger partial charge in [-0.15, -0.1) is 0 Å². The molecule has 3 atom stereocenters. The smallest absolute Gasteiger partial charge is 0.354 e. The number of carbonyl (C=O) groups is 1. The second-order valence-corrected chi connectivity index (χ2v) is 8.75. The second-order valence-electron chi connectivity index (χ2n) is 6.75. The fraction of sp³-hybridized carbons (Fsp3) is 0.706. The Morgan fingerprint density at radius 1 is 1.38 bits per heavy atom. The van der Waals surface area contributed by atoms with Crippen LogP contribution in [0.4, 0.5) is 0 Å². The van der Waals surface area contributed by atoms with Crippen molar-refractivity contribution in [1.82, 2.24) is 8.87 Å². The molecule has 0 bridgehead atoms. The molecule has 0 amide bonds. The molecule has 1 saturated carbocycles. The third kappa shape index (κ3) is 3.52. The number of carbonyl (C=O) groups excluding carboxylic acids is 1. The van der Waals surface area contributed by atoms with Crippen molar-refractivity contribution in [3.05, 3.63) is 18.0 Å². The SMILES string of the molecule is CCOC(=O)c1cc(S(=O)(=O)N(C)C2CCCC(C)C2C)cn1C. The summed E-state index contributed by atoms with van der Waals surface area (Å²) in [6.07, 6.45) is 4.54. The molecule has 1 aliphatic rings. The predicted octanol–water partition coefficient (Wildman–Crippen LogP) is 2.65. The van der Waals surface area contributed by atoms with Crippen LogP contribution in [0.3, 0.4) is 0 Å². The molecule has 1 fully saturated rings. The average molecular weight is 356 g/mol. The summed E-state index contributed by atoms with van der Waals surface area (Å²) in [7, 11) is -0.347. The molecule has 0 spiro atoms. The number of ether oxygens (including phenoxy) is 1. The first-order valence-electron chi connectivity index (χ1n) is 8.51. The molecule has 0 saturated heterocycles. The Morgan fingerprint density at radius 3 is 2.67 bits per heavy atom. The Balaban J connectivity index is 2.30. The molecule has 24 heavy (non-hydrogen) atoms. The van der Waals surface area contributed by atoms with Crippen molar-refractivity contribution in [1.29, 1.82) is 0 Å². The Morgan fingerprint density at radius 2 is 2.04 bits per heavy atom. The van der Waals surface area contributed by atoms with Crippen LogP contribution in [-0.4, -0.2) is 43.0 Å². The summed E-state index contributed by atoms with van der Waals surface area (Å²) >= 11 is 0. The second kappa shape index (κ2) is 7.27. The van der Waals surface area contributed by atoms with Crippen LogP contribution in [0.1, 0.15) is 50.5 Å². The Kier molecular flexibility index (Phi) is 5.75. The molecule has 2 rings (SSSR count). The zero-order valence-corrected chi connectivity index (χ0v) is 16.0. The highest BCUT2D eigenvalue weighted by Gasteiger charge is 2.36. The molecule has 0 N–H and O–H groups in total. The van der Waals surface area contributed by atoms with E-state index in [9.17, 15) is 13.2 Å². The molecule has 3 unspecified atom stereocenters. The van der Waals surface area contributed by atoms with E-state index in [4.69, 9.17) is 4.74 Å². The van der Waals surface area contributed by atoms with Crippen molar-refractivity contribution in [2.75, 3.05) is 13.7 Å². The van der Waals surface area contributed by atoms with Crippen LogP contribution in [0.5, 0.6) is 0 Å². The molecule has 1 aromatic rings. The van der Waals surface area contributed by atoms with Gasteiger partial charge in [0.1, 0.15) is 10.6 Å². The number of aryl methyl sites for hydroxylation is 1. The lowest BCUT2D eigenvalue weighted by atomic mass is 9.78. The highest BCUT2D eigenvalue weighted by molar-refractivity contribution is 7.89. The largest absolute Gasteiger partial charge is 0.461 e. The minimum Gasteiger partial charge on any atom is -0.461 e. The summed E-state index contributed by atoms with van der Waals surface area (Å²) in [5, 5.41) is 0. The van der Waals surface area contributed by atoms with Crippen molar-refractivity contribution in [3.8, 4) is 0 Å². The monoisotopic (exact) mass is 356 g/mol. The lowest BCUT2D eigenvalue weighted by molar-refractivity contribution is 0.0515. The molecular weight excluding hydrogens is 328 g/mol. The average Bonchev–Trinajstić information content (AvgIpc) is 2.92. The summed E-state index contributed by atoms with van der Waals surface area (Å²) in [5.74, 6) is 0.308. The van der Waals surface area contributed by atoms with E-state index in [0.29, 0.717) is 11.8 Å². The highest BCUT2D eigenvalue weighted by atomic mass is 32.2. The van der Waals surface area contributed by atoms with Crippen molar-refractivity contribution in [3.63, 3.8) is 0 Å². The minimum atomic E-state index is -3.64. The molecule has 0 aromatic carbocycles. The van der Waals surface area contributed by atoms with Crippen molar-refractivity contribution in [2.24, 2.45) is 18.9 Å². The van der Waals surface area contributed by atoms with Gasteiger partial charge in [0, 0.05) is 26.3 Å². The predicted molar refractivity (Wildman–Crippen MR) is 92.3 cm³/mol. The zero-order valence-electron chi connectivity index (χ0n) is 15.2. The van der Waals surface area contributed by atoms with Crippen molar-refractivity contribution in [2.45, 2.75) is 51.0 Å². The lowest BCUT2D eigenvalue weighted by Gasteiger charge is -2.38. The first-order valence-corrected chi connectivity index (χ1v) is 9.95. The fourth-order valence-electron chi connectivity index (χ4n) is 3.49. The van der Waals surface area contributed by atoms with Crippen molar-refractivity contribution >= 4 is 16.0 Å². The summed E-state index contributed by atoms with van der Waals surface area (Å²) in [6.45, 7) is 6.27.